The second-order valence-corrected chi connectivity index (χ2v) is 5.72. The number of hydrogen-bond donors (Lipinski definition) is 3. The van der Waals surface area contributed by atoms with E-state index in [0.717, 1.165) is 30.3 Å². The SMILES string of the molecule is CC(C)(C)OC(N)=O.CNc1nccc(N2CCC2)c1N. The van der Waals surface area contributed by atoms with Crippen LogP contribution in [-0.2, 0) is 4.74 Å². The van der Waals surface area contributed by atoms with E-state index in [2.05, 4.69) is 19.9 Å². The summed E-state index contributed by atoms with van der Waals surface area (Å²) in [5.41, 5.74) is 12.1. The van der Waals surface area contributed by atoms with Crippen molar-refractivity contribution in [3.8, 4) is 0 Å². The van der Waals surface area contributed by atoms with E-state index in [1.807, 2.05) is 13.1 Å². The minimum Gasteiger partial charge on any atom is -0.444 e. The molecule has 118 valence electrons. The molecule has 0 atom stereocenters. The smallest absolute Gasteiger partial charge is 0.405 e. The summed E-state index contributed by atoms with van der Waals surface area (Å²) in [5, 5.41) is 2.98. The number of nitrogens with zero attached hydrogens (tertiary/aromatic N) is 2. The molecule has 0 spiro atoms. The number of rotatable bonds is 2. The Balaban J connectivity index is 0.000000240. The van der Waals surface area contributed by atoms with E-state index in [4.69, 9.17) is 11.5 Å². The van der Waals surface area contributed by atoms with Gasteiger partial charge in [0.2, 0.25) is 0 Å². The molecule has 1 amide bonds. The van der Waals surface area contributed by atoms with Gasteiger partial charge in [-0.05, 0) is 33.3 Å². The van der Waals surface area contributed by atoms with Gasteiger partial charge in [-0.3, -0.25) is 0 Å². The van der Waals surface area contributed by atoms with Gasteiger partial charge in [0.15, 0.2) is 5.82 Å². The Labute approximate surface area is 125 Å². The minimum absolute atomic E-state index is 0.453. The van der Waals surface area contributed by atoms with Gasteiger partial charge in [-0.1, -0.05) is 0 Å². The van der Waals surface area contributed by atoms with E-state index >= 15 is 0 Å². The van der Waals surface area contributed by atoms with Gasteiger partial charge >= 0.3 is 6.09 Å². The van der Waals surface area contributed by atoms with Crippen LogP contribution < -0.4 is 21.7 Å². The molecule has 0 bridgehead atoms. The maximum Gasteiger partial charge on any atom is 0.405 e. The number of carbonyl (C=O) groups excluding carboxylic acids is 1. The summed E-state index contributed by atoms with van der Waals surface area (Å²) in [4.78, 5) is 16.4. The Morgan fingerprint density at radius 3 is 2.38 bits per heavy atom. The summed E-state index contributed by atoms with van der Waals surface area (Å²) in [6.45, 7) is 7.50. The molecule has 1 aromatic rings. The number of aromatic nitrogens is 1. The van der Waals surface area contributed by atoms with Gasteiger partial charge in [-0.25, -0.2) is 9.78 Å². The third-order valence-corrected chi connectivity index (χ3v) is 2.81. The highest BCUT2D eigenvalue weighted by Crippen LogP contribution is 2.30. The molecule has 0 aliphatic carbocycles. The molecule has 1 aliphatic heterocycles. The lowest BCUT2D eigenvalue weighted by Crippen LogP contribution is -2.37. The summed E-state index contributed by atoms with van der Waals surface area (Å²) >= 11 is 0. The monoisotopic (exact) mass is 295 g/mol. The van der Waals surface area contributed by atoms with Gasteiger partial charge < -0.3 is 26.4 Å². The summed E-state index contributed by atoms with van der Waals surface area (Å²) < 4.78 is 4.58. The number of amides is 1. The maximum atomic E-state index is 10.0. The first-order valence-electron chi connectivity index (χ1n) is 6.90. The first kappa shape index (κ1) is 16.9. The fourth-order valence-corrected chi connectivity index (χ4v) is 1.80. The van der Waals surface area contributed by atoms with E-state index in [1.54, 1.807) is 27.0 Å². The number of carbonyl (C=O) groups is 1. The number of ether oxygens (including phenoxy) is 1. The van der Waals surface area contributed by atoms with Crippen LogP contribution in [0.3, 0.4) is 0 Å². The lowest BCUT2D eigenvalue weighted by atomic mass is 10.2. The average molecular weight is 295 g/mol. The zero-order chi connectivity index (χ0) is 16.0. The van der Waals surface area contributed by atoms with E-state index in [1.165, 1.54) is 6.42 Å². The van der Waals surface area contributed by atoms with Gasteiger partial charge in [0.25, 0.3) is 0 Å². The normalized spacial score (nSPS) is 13.6. The van der Waals surface area contributed by atoms with Crippen molar-refractivity contribution >= 4 is 23.3 Å². The van der Waals surface area contributed by atoms with Crippen LogP contribution in [0.15, 0.2) is 12.3 Å². The number of pyridine rings is 1. The highest BCUT2D eigenvalue weighted by atomic mass is 16.6. The van der Waals surface area contributed by atoms with Crippen LogP contribution in [0, 0.1) is 0 Å². The van der Waals surface area contributed by atoms with Crippen molar-refractivity contribution in [3.05, 3.63) is 12.3 Å². The number of primary amides is 1. The molecule has 2 heterocycles. The van der Waals surface area contributed by atoms with Gasteiger partial charge in [0, 0.05) is 26.3 Å². The van der Waals surface area contributed by atoms with E-state index in [9.17, 15) is 4.79 Å². The van der Waals surface area contributed by atoms with Gasteiger partial charge in [-0.2, -0.15) is 0 Å². The second kappa shape index (κ2) is 7.01. The third kappa shape index (κ3) is 5.37. The molecule has 1 saturated heterocycles. The quantitative estimate of drug-likeness (QED) is 0.768. The summed E-state index contributed by atoms with van der Waals surface area (Å²) in [6.07, 6.45) is 2.32. The minimum atomic E-state index is -0.725. The molecule has 21 heavy (non-hydrogen) atoms. The van der Waals surface area contributed by atoms with Crippen LogP contribution in [0.2, 0.25) is 0 Å². The molecule has 7 nitrogen and oxygen atoms in total. The molecular formula is C14H25N5O2. The molecule has 7 heteroatoms. The maximum absolute atomic E-state index is 10.0. The van der Waals surface area contributed by atoms with E-state index in [0.29, 0.717) is 0 Å². The van der Waals surface area contributed by atoms with Crippen LogP contribution in [-0.4, -0.2) is 36.8 Å². The first-order chi connectivity index (χ1) is 9.74. The molecule has 0 unspecified atom stereocenters. The van der Waals surface area contributed by atoms with Crippen molar-refractivity contribution in [1.29, 1.82) is 0 Å². The predicted octanol–water partition coefficient (Wildman–Crippen LogP) is 1.80. The highest BCUT2D eigenvalue weighted by Gasteiger charge is 2.18. The Morgan fingerprint density at radius 2 is 2.05 bits per heavy atom. The fraction of sp³-hybridized carbons (Fsp3) is 0.571. The average Bonchev–Trinajstić information content (AvgIpc) is 2.27. The second-order valence-electron chi connectivity index (χ2n) is 5.72. The third-order valence-electron chi connectivity index (χ3n) is 2.81. The van der Waals surface area contributed by atoms with Crippen molar-refractivity contribution in [2.24, 2.45) is 5.73 Å². The van der Waals surface area contributed by atoms with Crippen LogP contribution in [0.25, 0.3) is 0 Å². The molecular weight excluding hydrogens is 270 g/mol. The molecule has 2 rings (SSSR count). The van der Waals surface area contributed by atoms with Crippen molar-refractivity contribution in [2.75, 3.05) is 36.1 Å². The Morgan fingerprint density at radius 1 is 1.43 bits per heavy atom. The van der Waals surface area contributed by atoms with Crippen LogP contribution in [0.1, 0.15) is 27.2 Å². The number of anilines is 3. The number of hydrogen-bond acceptors (Lipinski definition) is 6. The summed E-state index contributed by atoms with van der Waals surface area (Å²) in [6, 6.07) is 1.97. The van der Waals surface area contributed by atoms with Gasteiger partial charge in [0.1, 0.15) is 5.60 Å². The van der Waals surface area contributed by atoms with Gasteiger partial charge in [-0.15, -0.1) is 0 Å². The molecule has 1 aliphatic rings. The zero-order valence-corrected chi connectivity index (χ0v) is 13.1. The molecule has 0 saturated carbocycles. The molecule has 0 aromatic carbocycles. The van der Waals surface area contributed by atoms with Crippen LogP contribution in [0.5, 0.6) is 0 Å². The van der Waals surface area contributed by atoms with E-state index < -0.39 is 11.7 Å². The topological polar surface area (TPSA) is 106 Å². The summed E-state index contributed by atoms with van der Waals surface area (Å²) in [5.74, 6) is 0.768. The largest absolute Gasteiger partial charge is 0.444 e. The lowest BCUT2D eigenvalue weighted by molar-refractivity contribution is 0.0600. The van der Waals surface area contributed by atoms with Crippen molar-refractivity contribution in [1.82, 2.24) is 4.98 Å². The Kier molecular flexibility index (Phi) is 5.63. The zero-order valence-electron chi connectivity index (χ0n) is 13.1. The number of nitrogens with one attached hydrogen (secondary N) is 1. The Bertz CT molecular complexity index is 481. The van der Waals surface area contributed by atoms with Crippen LogP contribution in [0.4, 0.5) is 22.0 Å². The predicted molar refractivity (Wildman–Crippen MR) is 85.4 cm³/mol. The standard InChI is InChI=1S/C9H14N4.C5H11NO2/c1-11-9-8(10)7(3-4-12-9)13-5-2-6-13;1-5(2,3)8-4(6)7/h3-4H,2,5-6,10H2,1H3,(H,11,12);1-3H3,(H2,6,7). The van der Waals surface area contributed by atoms with Gasteiger partial charge in [0.05, 0.1) is 11.4 Å². The lowest BCUT2D eigenvalue weighted by Gasteiger charge is -2.34. The fourth-order valence-electron chi connectivity index (χ4n) is 1.80. The number of nitrogens with two attached hydrogens (primary N) is 2. The van der Waals surface area contributed by atoms with Crippen LogP contribution >= 0.6 is 0 Å². The van der Waals surface area contributed by atoms with Crippen molar-refractivity contribution < 1.29 is 9.53 Å². The summed E-state index contributed by atoms with van der Waals surface area (Å²) in [7, 11) is 1.83. The highest BCUT2D eigenvalue weighted by molar-refractivity contribution is 5.78. The Hall–Kier alpha value is -2.18. The van der Waals surface area contributed by atoms with E-state index in [-0.39, 0.29) is 0 Å². The molecule has 1 fully saturated rings. The molecule has 1 aromatic heterocycles. The number of nitrogen functional groups attached to an aromatic ring is 1. The van der Waals surface area contributed by atoms with Crippen molar-refractivity contribution in [3.63, 3.8) is 0 Å². The first-order valence-corrected chi connectivity index (χ1v) is 6.90. The molecule has 5 N–H and O–H groups in total. The molecule has 0 radical (unpaired) electrons. The van der Waals surface area contributed by atoms with Crippen molar-refractivity contribution in [2.45, 2.75) is 32.8 Å².